The van der Waals surface area contributed by atoms with Crippen LogP contribution in [0.3, 0.4) is 0 Å². The first-order valence-corrected chi connectivity index (χ1v) is 4.99. The molecule has 0 saturated carbocycles. The molecule has 0 saturated heterocycles. The number of benzene rings is 1. The Morgan fingerprint density at radius 1 is 1.12 bits per heavy atom. The fourth-order valence-electron chi connectivity index (χ4n) is 1.64. The third kappa shape index (κ3) is 1.46. The third-order valence-electron chi connectivity index (χ3n) is 2.49. The van der Waals surface area contributed by atoms with E-state index in [0.717, 1.165) is 5.69 Å². The monoisotopic (exact) mass is 227 g/mol. The van der Waals surface area contributed by atoms with Crippen LogP contribution in [0.2, 0.25) is 0 Å². The van der Waals surface area contributed by atoms with E-state index in [1.165, 1.54) is 6.33 Å². The number of nitrogens with two attached hydrogens (primary N) is 1. The van der Waals surface area contributed by atoms with Gasteiger partial charge in [0.2, 0.25) is 0 Å². The Morgan fingerprint density at radius 2 is 1.88 bits per heavy atom. The highest BCUT2D eigenvalue weighted by Gasteiger charge is 2.08. The van der Waals surface area contributed by atoms with Crippen LogP contribution in [0.15, 0.2) is 36.8 Å². The van der Waals surface area contributed by atoms with Crippen molar-refractivity contribution >= 4 is 16.9 Å². The fraction of sp³-hybridized carbons (Fsp3) is 0. The highest BCUT2D eigenvalue weighted by atomic mass is 16.3. The first kappa shape index (κ1) is 9.59. The standard InChI is InChI=1S/C11H9N5O/c12-10-9-5-15-16(11(9)14-6-13-10)7-1-3-8(17)4-2-7/h1-6,17H,(H2,12,13,14). The van der Waals surface area contributed by atoms with Gasteiger partial charge in [0.15, 0.2) is 5.65 Å². The Hall–Kier alpha value is -2.63. The molecule has 0 unspecified atom stereocenters. The van der Waals surface area contributed by atoms with Crippen LogP contribution in [-0.2, 0) is 0 Å². The van der Waals surface area contributed by atoms with Crippen LogP contribution in [0.25, 0.3) is 16.7 Å². The first-order valence-electron chi connectivity index (χ1n) is 4.99. The average Bonchev–Trinajstić information content (AvgIpc) is 2.75. The number of phenols is 1. The van der Waals surface area contributed by atoms with Gasteiger partial charge in [-0.05, 0) is 24.3 Å². The van der Waals surface area contributed by atoms with Crippen LogP contribution >= 0.6 is 0 Å². The van der Waals surface area contributed by atoms with Crippen LogP contribution in [-0.4, -0.2) is 24.9 Å². The lowest BCUT2D eigenvalue weighted by atomic mass is 10.3. The molecule has 0 spiro atoms. The molecular weight excluding hydrogens is 218 g/mol. The molecule has 2 aromatic heterocycles. The number of phenolic OH excluding ortho intramolecular Hbond substituents is 1. The number of aromatic nitrogens is 4. The summed E-state index contributed by atoms with van der Waals surface area (Å²) in [5.74, 6) is 0.611. The van der Waals surface area contributed by atoms with E-state index in [2.05, 4.69) is 15.1 Å². The normalized spacial score (nSPS) is 10.8. The summed E-state index contributed by atoms with van der Waals surface area (Å²) in [7, 11) is 0. The number of hydrogen-bond acceptors (Lipinski definition) is 5. The van der Waals surface area contributed by atoms with Gasteiger partial charge in [-0.3, -0.25) is 0 Å². The predicted octanol–water partition coefficient (Wildman–Crippen LogP) is 1.10. The zero-order valence-corrected chi connectivity index (χ0v) is 8.78. The molecule has 1 aromatic carbocycles. The molecule has 3 N–H and O–H groups in total. The molecule has 0 aliphatic rings. The van der Waals surface area contributed by atoms with Gasteiger partial charge in [0.05, 0.1) is 17.3 Å². The van der Waals surface area contributed by atoms with Gasteiger partial charge in [-0.25, -0.2) is 14.6 Å². The van der Waals surface area contributed by atoms with Crippen molar-refractivity contribution in [1.82, 2.24) is 19.7 Å². The summed E-state index contributed by atoms with van der Waals surface area (Å²) in [6, 6.07) is 6.68. The minimum atomic E-state index is 0.208. The van der Waals surface area contributed by atoms with Gasteiger partial charge in [0.25, 0.3) is 0 Å². The Morgan fingerprint density at radius 3 is 2.65 bits per heavy atom. The van der Waals surface area contributed by atoms with Crippen molar-refractivity contribution in [2.24, 2.45) is 0 Å². The molecule has 2 heterocycles. The molecule has 17 heavy (non-hydrogen) atoms. The number of hydrogen-bond donors (Lipinski definition) is 2. The van der Waals surface area contributed by atoms with Crippen molar-refractivity contribution in [2.45, 2.75) is 0 Å². The number of rotatable bonds is 1. The Kier molecular flexibility index (Phi) is 1.94. The van der Waals surface area contributed by atoms with E-state index in [4.69, 9.17) is 5.73 Å². The number of fused-ring (bicyclic) bond motifs is 1. The van der Waals surface area contributed by atoms with Crippen molar-refractivity contribution in [3.63, 3.8) is 0 Å². The van der Waals surface area contributed by atoms with Crippen molar-refractivity contribution < 1.29 is 5.11 Å². The molecule has 6 nitrogen and oxygen atoms in total. The first-order chi connectivity index (χ1) is 8.25. The third-order valence-corrected chi connectivity index (χ3v) is 2.49. The second kappa shape index (κ2) is 3.44. The van der Waals surface area contributed by atoms with E-state index < -0.39 is 0 Å². The lowest BCUT2D eigenvalue weighted by molar-refractivity contribution is 0.475. The molecule has 3 aromatic rings. The zero-order valence-electron chi connectivity index (χ0n) is 8.78. The SMILES string of the molecule is Nc1ncnc2c1cnn2-c1ccc(O)cc1. The summed E-state index contributed by atoms with van der Waals surface area (Å²) in [5, 5.41) is 14.2. The van der Waals surface area contributed by atoms with Gasteiger partial charge < -0.3 is 10.8 Å². The molecule has 0 atom stereocenters. The summed E-state index contributed by atoms with van der Waals surface area (Å²) in [5.41, 5.74) is 7.17. The number of nitrogen functional groups attached to an aromatic ring is 1. The molecule has 6 heteroatoms. The van der Waals surface area contributed by atoms with Crippen molar-refractivity contribution in [2.75, 3.05) is 5.73 Å². The van der Waals surface area contributed by atoms with Crippen LogP contribution < -0.4 is 5.73 Å². The minimum Gasteiger partial charge on any atom is -0.508 e. The van der Waals surface area contributed by atoms with Crippen molar-refractivity contribution in [3.05, 3.63) is 36.8 Å². The van der Waals surface area contributed by atoms with Crippen molar-refractivity contribution in [3.8, 4) is 11.4 Å². The lowest BCUT2D eigenvalue weighted by Crippen LogP contribution is -1.98. The Balaban J connectivity index is 2.24. The summed E-state index contributed by atoms with van der Waals surface area (Å²) >= 11 is 0. The van der Waals surface area contributed by atoms with Crippen LogP contribution in [0, 0.1) is 0 Å². The molecule has 0 radical (unpaired) electrons. The topological polar surface area (TPSA) is 89.9 Å². The Bertz CT molecular complexity index is 674. The van der Waals surface area contributed by atoms with E-state index in [1.807, 2.05) is 0 Å². The molecule has 0 amide bonds. The summed E-state index contributed by atoms with van der Waals surface area (Å²) < 4.78 is 1.65. The molecule has 3 rings (SSSR count). The highest BCUT2D eigenvalue weighted by Crippen LogP contribution is 2.20. The van der Waals surface area contributed by atoms with Gasteiger partial charge in [-0.15, -0.1) is 0 Å². The summed E-state index contributed by atoms with van der Waals surface area (Å²) in [6.45, 7) is 0. The maximum absolute atomic E-state index is 9.24. The van der Waals surface area contributed by atoms with Gasteiger partial charge >= 0.3 is 0 Å². The summed E-state index contributed by atoms with van der Waals surface area (Å²) in [4.78, 5) is 8.05. The molecular formula is C11H9N5O. The van der Waals surface area contributed by atoms with E-state index in [9.17, 15) is 5.11 Å². The highest BCUT2D eigenvalue weighted by molar-refractivity contribution is 5.85. The fourth-order valence-corrected chi connectivity index (χ4v) is 1.64. The summed E-state index contributed by atoms with van der Waals surface area (Å²) in [6.07, 6.45) is 3.02. The van der Waals surface area contributed by atoms with Gasteiger partial charge in [0, 0.05) is 0 Å². The van der Waals surface area contributed by atoms with Crippen LogP contribution in [0.1, 0.15) is 0 Å². The largest absolute Gasteiger partial charge is 0.508 e. The van der Waals surface area contributed by atoms with Crippen LogP contribution in [0.4, 0.5) is 5.82 Å². The Labute approximate surface area is 96.4 Å². The molecule has 84 valence electrons. The van der Waals surface area contributed by atoms with Crippen molar-refractivity contribution in [1.29, 1.82) is 0 Å². The van der Waals surface area contributed by atoms with E-state index in [1.54, 1.807) is 35.1 Å². The number of aromatic hydroxyl groups is 1. The van der Waals surface area contributed by atoms with Gasteiger partial charge in [0.1, 0.15) is 17.9 Å². The second-order valence-electron chi connectivity index (χ2n) is 3.57. The lowest BCUT2D eigenvalue weighted by Gasteiger charge is -2.02. The molecule has 0 bridgehead atoms. The second-order valence-corrected chi connectivity index (χ2v) is 3.57. The quantitative estimate of drug-likeness (QED) is 0.649. The van der Waals surface area contributed by atoms with E-state index >= 15 is 0 Å². The van der Waals surface area contributed by atoms with E-state index in [0.29, 0.717) is 16.9 Å². The maximum atomic E-state index is 9.24. The molecule has 0 aliphatic carbocycles. The molecule has 0 aliphatic heterocycles. The predicted molar refractivity (Wildman–Crippen MR) is 62.7 cm³/mol. The minimum absolute atomic E-state index is 0.208. The van der Waals surface area contributed by atoms with Crippen LogP contribution in [0.5, 0.6) is 5.75 Å². The molecule has 0 fully saturated rings. The van der Waals surface area contributed by atoms with Gasteiger partial charge in [-0.1, -0.05) is 0 Å². The zero-order chi connectivity index (χ0) is 11.8. The number of anilines is 1. The van der Waals surface area contributed by atoms with Gasteiger partial charge in [-0.2, -0.15) is 5.10 Å². The average molecular weight is 227 g/mol. The maximum Gasteiger partial charge on any atom is 0.168 e. The smallest absolute Gasteiger partial charge is 0.168 e. The number of nitrogens with zero attached hydrogens (tertiary/aromatic N) is 4. The van der Waals surface area contributed by atoms with E-state index in [-0.39, 0.29) is 5.75 Å².